The van der Waals surface area contributed by atoms with Gasteiger partial charge >= 0.3 is 0 Å². The highest BCUT2D eigenvalue weighted by atomic mass is 16.4. The number of hydrogen-bond donors (Lipinski definition) is 0. The van der Waals surface area contributed by atoms with Crippen LogP contribution in [-0.4, -0.2) is 31.3 Å². The number of hydrogen-bond acceptors (Lipinski definition) is 4. The summed E-state index contributed by atoms with van der Waals surface area (Å²) in [6.07, 6.45) is 2.09. The van der Waals surface area contributed by atoms with Crippen molar-refractivity contribution >= 4 is 12.3 Å². The molecule has 0 aliphatic heterocycles. The Bertz CT molecular complexity index is 274. The SMILES string of the molecule is CN(C)/C=C(\C=O)C(C(=O)[O-])C(C)(C)C. The van der Waals surface area contributed by atoms with Crippen LogP contribution in [0.15, 0.2) is 11.8 Å². The molecule has 0 aliphatic carbocycles. The summed E-state index contributed by atoms with van der Waals surface area (Å²) in [5.41, 5.74) is -0.311. The van der Waals surface area contributed by atoms with Crippen LogP contribution in [0.25, 0.3) is 0 Å². The predicted octanol–water partition coefficient (Wildman–Crippen LogP) is 0.0430. The van der Waals surface area contributed by atoms with E-state index >= 15 is 0 Å². The lowest BCUT2D eigenvalue weighted by atomic mass is 9.76. The van der Waals surface area contributed by atoms with Crippen molar-refractivity contribution in [1.29, 1.82) is 0 Å². The van der Waals surface area contributed by atoms with Gasteiger partial charge in [-0.05, 0) is 5.41 Å². The molecule has 15 heavy (non-hydrogen) atoms. The Morgan fingerprint density at radius 2 is 1.80 bits per heavy atom. The summed E-state index contributed by atoms with van der Waals surface area (Å²) < 4.78 is 0. The van der Waals surface area contributed by atoms with Crippen LogP contribution in [0.3, 0.4) is 0 Å². The third kappa shape index (κ3) is 4.14. The van der Waals surface area contributed by atoms with Gasteiger partial charge in [0, 0.05) is 37.8 Å². The predicted molar refractivity (Wildman–Crippen MR) is 55.8 cm³/mol. The summed E-state index contributed by atoms with van der Waals surface area (Å²) in [4.78, 5) is 23.5. The van der Waals surface area contributed by atoms with Gasteiger partial charge in [-0.15, -0.1) is 0 Å². The van der Waals surface area contributed by atoms with Gasteiger partial charge in [-0.1, -0.05) is 20.8 Å². The minimum Gasteiger partial charge on any atom is -0.549 e. The number of carboxylic acid groups (broad SMARTS) is 1. The molecule has 0 aromatic carbocycles. The van der Waals surface area contributed by atoms with Crippen LogP contribution in [-0.2, 0) is 9.59 Å². The van der Waals surface area contributed by atoms with Crippen molar-refractivity contribution in [2.45, 2.75) is 20.8 Å². The number of rotatable bonds is 4. The fourth-order valence-electron chi connectivity index (χ4n) is 1.46. The highest BCUT2D eigenvalue weighted by molar-refractivity contribution is 5.85. The number of aldehydes is 1. The monoisotopic (exact) mass is 212 g/mol. The van der Waals surface area contributed by atoms with Gasteiger partial charge in [0.1, 0.15) is 6.29 Å². The minimum atomic E-state index is -1.22. The summed E-state index contributed by atoms with van der Waals surface area (Å²) in [6, 6.07) is 0. The highest BCUT2D eigenvalue weighted by Gasteiger charge is 2.29. The van der Waals surface area contributed by atoms with Crippen molar-refractivity contribution in [3.05, 3.63) is 11.8 Å². The second kappa shape index (κ2) is 4.96. The molecule has 0 fully saturated rings. The molecular weight excluding hydrogens is 194 g/mol. The zero-order valence-electron chi connectivity index (χ0n) is 9.90. The molecule has 0 bridgehead atoms. The van der Waals surface area contributed by atoms with Crippen molar-refractivity contribution in [3.8, 4) is 0 Å². The Balaban J connectivity index is 5.23. The Labute approximate surface area is 90.6 Å². The third-order valence-electron chi connectivity index (χ3n) is 1.98. The quantitative estimate of drug-likeness (QED) is 0.488. The summed E-state index contributed by atoms with van der Waals surface area (Å²) in [5.74, 6) is -2.11. The number of carbonyl (C=O) groups excluding carboxylic acids is 2. The van der Waals surface area contributed by atoms with E-state index in [1.165, 1.54) is 6.20 Å². The van der Waals surface area contributed by atoms with E-state index in [1.54, 1.807) is 39.8 Å². The molecule has 0 aliphatic rings. The maximum Gasteiger partial charge on any atom is 0.148 e. The molecule has 0 saturated heterocycles. The first-order valence-electron chi connectivity index (χ1n) is 4.74. The molecule has 4 heteroatoms. The first kappa shape index (κ1) is 13.7. The average Bonchev–Trinajstić information content (AvgIpc) is 1.98. The van der Waals surface area contributed by atoms with Crippen molar-refractivity contribution in [2.75, 3.05) is 14.1 Å². The van der Waals surface area contributed by atoms with E-state index in [2.05, 4.69) is 0 Å². The lowest BCUT2D eigenvalue weighted by Crippen LogP contribution is -2.40. The minimum absolute atomic E-state index is 0.229. The van der Waals surface area contributed by atoms with Gasteiger partial charge < -0.3 is 14.8 Å². The molecule has 0 heterocycles. The topological polar surface area (TPSA) is 60.4 Å². The molecule has 0 aromatic rings. The van der Waals surface area contributed by atoms with Crippen LogP contribution >= 0.6 is 0 Å². The van der Waals surface area contributed by atoms with Gasteiger partial charge in [0.2, 0.25) is 0 Å². The van der Waals surface area contributed by atoms with Gasteiger partial charge in [-0.3, -0.25) is 4.79 Å². The molecule has 0 spiro atoms. The summed E-state index contributed by atoms with van der Waals surface area (Å²) >= 11 is 0. The maximum atomic E-state index is 11.0. The van der Waals surface area contributed by atoms with Crippen LogP contribution in [0.4, 0.5) is 0 Å². The van der Waals surface area contributed by atoms with Crippen LogP contribution in [0.2, 0.25) is 0 Å². The second-order valence-corrected chi connectivity index (χ2v) is 4.83. The smallest absolute Gasteiger partial charge is 0.148 e. The molecule has 0 radical (unpaired) electrons. The van der Waals surface area contributed by atoms with Crippen molar-refractivity contribution in [2.24, 2.45) is 11.3 Å². The highest BCUT2D eigenvalue weighted by Crippen LogP contribution is 2.30. The summed E-state index contributed by atoms with van der Waals surface area (Å²) in [5, 5.41) is 11.0. The van der Waals surface area contributed by atoms with E-state index in [1.807, 2.05) is 0 Å². The van der Waals surface area contributed by atoms with E-state index in [0.717, 1.165) is 0 Å². The number of carbonyl (C=O) groups is 2. The fraction of sp³-hybridized carbons (Fsp3) is 0.636. The Morgan fingerprint density at radius 1 is 1.33 bits per heavy atom. The van der Waals surface area contributed by atoms with Crippen LogP contribution in [0.5, 0.6) is 0 Å². The maximum absolute atomic E-state index is 11.0. The lowest BCUT2D eigenvalue weighted by Gasteiger charge is -2.32. The number of nitrogens with zero attached hydrogens (tertiary/aromatic N) is 1. The van der Waals surface area contributed by atoms with E-state index in [9.17, 15) is 14.7 Å². The van der Waals surface area contributed by atoms with Gasteiger partial charge in [0.05, 0.1) is 0 Å². The first-order chi connectivity index (χ1) is 6.70. The molecule has 1 atom stereocenters. The largest absolute Gasteiger partial charge is 0.549 e. The van der Waals surface area contributed by atoms with Gasteiger partial charge in [0.15, 0.2) is 0 Å². The molecule has 0 aromatic heterocycles. The second-order valence-electron chi connectivity index (χ2n) is 4.83. The normalized spacial score (nSPS) is 14.6. The molecule has 86 valence electrons. The van der Waals surface area contributed by atoms with E-state index in [-0.39, 0.29) is 5.57 Å². The van der Waals surface area contributed by atoms with Gasteiger partial charge in [0.25, 0.3) is 0 Å². The average molecular weight is 212 g/mol. The van der Waals surface area contributed by atoms with E-state index < -0.39 is 17.3 Å². The van der Waals surface area contributed by atoms with Crippen molar-refractivity contribution in [3.63, 3.8) is 0 Å². The van der Waals surface area contributed by atoms with E-state index in [4.69, 9.17) is 0 Å². The zero-order chi connectivity index (χ0) is 12.2. The summed E-state index contributed by atoms with van der Waals surface area (Å²) in [6.45, 7) is 5.29. The number of carboxylic acids is 1. The van der Waals surface area contributed by atoms with E-state index in [0.29, 0.717) is 6.29 Å². The first-order valence-corrected chi connectivity index (χ1v) is 4.74. The molecule has 1 unspecified atom stereocenters. The molecular formula is C11H18NO3-. The molecule has 4 nitrogen and oxygen atoms in total. The standard InChI is InChI=1S/C11H19NO3/c1-11(2,3)9(10(14)15)8(7-13)6-12(4)5/h6-7,9H,1-5H3,(H,14,15)/p-1/b8-6+. The van der Waals surface area contributed by atoms with Crippen LogP contribution < -0.4 is 5.11 Å². The van der Waals surface area contributed by atoms with Crippen molar-refractivity contribution < 1.29 is 14.7 Å². The Hall–Kier alpha value is -1.32. The number of aliphatic carboxylic acids is 1. The van der Waals surface area contributed by atoms with Gasteiger partial charge in [-0.2, -0.15) is 0 Å². The van der Waals surface area contributed by atoms with Crippen LogP contribution in [0, 0.1) is 11.3 Å². The lowest BCUT2D eigenvalue weighted by molar-refractivity contribution is -0.313. The Morgan fingerprint density at radius 3 is 2.00 bits per heavy atom. The van der Waals surface area contributed by atoms with Crippen LogP contribution in [0.1, 0.15) is 20.8 Å². The van der Waals surface area contributed by atoms with Crippen molar-refractivity contribution in [1.82, 2.24) is 4.90 Å². The third-order valence-corrected chi connectivity index (χ3v) is 1.98. The Kier molecular flexibility index (Phi) is 4.52. The van der Waals surface area contributed by atoms with Gasteiger partial charge in [-0.25, -0.2) is 0 Å². The molecule has 0 saturated carbocycles. The molecule has 0 amide bonds. The fourth-order valence-corrected chi connectivity index (χ4v) is 1.46. The molecule has 0 N–H and O–H groups in total. The zero-order valence-corrected chi connectivity index (χ0v) is 9.90. The summed E-state index contributed by atoms with van der Waals surface area (Å²) in [7, 11) is 3.47. The molecule has 0 rings (SSSR count).